The Morgan fingerprint density at radius 2 is 1.90 bits per heavy atom. The Balaban J connectivity index is 2.37. The average Bonchev–Trinajstić information content (AvgIpc) is 2.77. The quantitative estimate of drug-likeness (QED) is 0.605. The van der Waals surface area contributed by atoms with Crippen LogP contribution in [0.5, 0.6) is 0 Å². The number of rotatable bonds is 2. The van der Waals surface area contributed by atoms with Gasteiger partial charge in [0.15, 0.2) is 0 Å². The molecule has 21 heavy (non-hydrogen) atoms. The third kappa shape index (κ3) is 2.39. The van der Waals surface area contributed by atoms with E-state index in [2.05, 4.69) is 4.98 Å². The molecule has 6 heteroatoms. The molecule has 0 radical (unpaired) electrons. The van der Waals surface area contributed by atoms with Crippen molar-refractivity contribution in [1.82, 2.24) is 9.55 Å². The van der Waals surface area contributed by atoms with E-state index >= 15 is 0 Å². The van der Waals surface area contributed by atoms with Crippen LogP contribution in [0.1, 0.15) is 11.4 Å². The highest BCUT2D eigenvalue weighted by molar-refractivity contribution is 6.31. The van der Waals surface area contributed by atoms with Gasteiger partial charge < -0.3 is 0 Å². The molecular formula is C15H10Cl2F2N2. The predicted molar refractivity (Wildman–Crippen MR) is 80.3 cm³/mol. The second-order valence-electron chi connectivity index (χ2n) is 4.71. The number of hydrogen-bond acceptors (Lipinski definition) is 1. The summed E-state index contributed by atoms with van der Waals surface area (Å²) >= 11 is 11.7. The van der Waals surface area contributed by atoms with Crippen LogP contribution in [0.2, 0.25) is 5.02 Å². The Bertz CT molecular complexity index is 843. The molecule has 1 heterocycles. The van der Waals surface area contributed by atoms with Gasteiger partial charge in [-0.15, -0.1) is 11.6 Å². The molecule has 3 rings (SSSR count). The van der Waals surface area contributed by atoms with Crippen LogP contribution in [0.3, 0.4) is 0 Å². The van der Waals surface area contributed by atoms with E-state index in [-0.39, 0.29) is 10.9 Å². The number of nitrogens with zero attached hydrogens (tertiary/aromatic N) is 2. The second kappa shape index (κ2) is 5.28. The summed E-state index contributed by atoms with van der Waals surface area (Å²) in [5.74, 6) is -0.474. The zero-order valence-electron chi connectivity index (χ0n) is 11.0. The molecule has 108 valence electrons. The second-order valence-corrected chi connectivity index (χ2v) is 5.38. The van der Waals surface area contributed by atoms with Gasteiger partial charge in [0, 0.05) is 6.07 Å². The molecule has 0 aliphatic carbocycles. The summed E-state index contributed by atoms with van der Waals surface area (Å²) in [4.78, 5) is 4.24. The largest absolute Gasteiger partial charge is 0.292 e. The molecule has 0 saturated heterocycles. The summed E-state index contributed by atoms with van der Waals surface area (Å²) in [6, 6.07) is 7.49. The summed E-state index contributed by atoms with van der Waals surface area (Å²) in [6.45, 7) is 1.80. The van der Waals surface area contributed by atoms with Crippen LogP contribution in [0.25, 0.3) is 16.7 Å². The van der Waals surface area contributed by atoms with Crippen molar-refractivity contribution in [3.05, 3.63) is 58.4 Å². The van der Waals surface area contributed by atoms with Crippen LogP contribution in [0.15, 0.2) is 30.3 Å². The third-order valence-corrected chi connectivity index (χ3v) is 3.76. The van der Waals surface area contributed by atoms with Crippen molar-refractivity contribution in [2.75, 3.05) is 0 Å². The van der Waals surface area contributed by atoms with Gasteiger partial charge in [-0.1, -0.05) is 17.7 Å². The van der Waals surface area contributed by atoms with Gasteiger partial charge in [0.05, 0.1) is 27.6 Å². The number of hydrogen-bond donors (Lipinski definition) is 0. The normalized spacial score (nSPS) is 11.3. The fraction of sp³-hybridized carbons (Fsp3) is 0.133. The maximum atomic E-state index is 14.2. The van der Waals surface area contributed by atoms with E-state index in [4.69, 9.17) is 23.2 Å². The highest BCUT2D eigenvalue weighted by Gasteiger charge is 2.16. The number of benzene rings is 2. The van der Waals surface area contributed by atoms with Crippen LogP contribution in [-0.4, -0.2) is 9.55 Å². The van der Waals surface area contributed by atoms with Gasteiger partial charge in [-0.05, 0) is 30.7 Å². The lowest BCUT2D eigenvalue weighted by Crippen LogP contribution is -2.02. The van der Waals surface area contributed by atoms with Gasteiger partial charge in [0.25, 0.3) is 0 Å². The van der Waals surface area contributed by atoms with E-state index in [0.29, 0.717) is 22.5 Å². The van der Waals surface area contributed by atoms with E-state index in [1.54, 1.807) is 23.6 Å². The van der Waals surface area contributed by atoms with Crippen molar-refractivity contribution < 1.29 is 8.78 Å². The molecule has 0 atom stereocenters. The maximum Gasteiger partial charge on any atom is 0.147 e. The minimum Gasteiger partial charge on any atom is -0.292 e. The number of aryl methyl sites for hydroxylation is 1. The van der Waals surface area contributed by atoms with Crippen LogP contribution in [0, 0.1) is 18.6 Å². The molecule has 0 aliphatic heterocycles. The first kappa shape index (κ1) is 14.3. The van der Waals surface area contributed by atoms with Gasteiger partial charge in [-0.2, -0.15) is 0 Å². The minimum atomic E-state index is -0.570. The summed E-state index contributed by atoms with van der Waals surface area (Å²) in [5.41, 5.74) is 2.01. The molecular weight excluding hydrogens is 317 g/mol. The molecule has 0 bridgehead atoms. The molecule has 3 aromatic rings. The minimum absolute atomic E-state index is 0.0442. The highest BCUT2D eigenvalue weighted by atomic mass is 35.5. The molecule has 0 saturated carbocycles. The zero-order valence-corrected chi connectivity index (χ0v) is 12.5. The smallest absolute Gasteiger partial charge is 0.147 e. The molecule has 0 N–H and O–H groups in total. The number of aromatic nitrogens is 2. The summed E-state index contributed by atoms with van der Waals surface area (Å²) in [5, 5.41) is -0.0442. The number of halogens is 4. The molecule has 0 aliphatic rings. The Kier molecular flexibility index (Phi) is 3.59. The van der Waals surface area contributed by atoms with Gasteiger partial charge in [0.1, 0.15) is 17.5 Å². The van der Waals surface area contributed by atoms with Crippen LogP contribution in [-0.2, 0) is 5.88 Å². The number of alkyl halides is 1. The monoisotopic (exact) mass is 326 g/mol. The van der Waals surface area contributed by atoms with Crippen LogP contribution < -0.4 is 0 Å². The van der Waals surface area contributed by atoms with Gasteiger partial charge >= 0.3 is 0 Å². The highest BCUT2D eigenvalue weighted by Crippen LogP contribution is 2.28. The van der Waals surface area contributed by atoms with Crippen molar-refractivity contribution in [1.29, 1.82) is 0 Å². The fourth-order valence-corrected chi connectivity index (χ4v) is 2.61. The first-order chi connectivity index (χ1) is 10.0. The van der Waals surface area contributed by atoms with Crippen molar-refractivity contribution in [3.63, 3.8) is 0 Å². The predicted octanol–water partition coefficient (Wildman–Crippen LogP) is 5.00. The maximum absolute atomic E-state index is 14.2. The Hall–Kier alpha value is -1.65. The first-order valence-electron chi connectivity index (χ1n) is 6.20. The summed E-state index contributed by atoms with van der Waals surface area (Å²) < 4.78 is 29.3. The van der Waals surface area contributed by atoms with E-state index in [9.17, 15) is 8.78 Å². The van der Waals surface area contributed by atoms with Crippen LogP contribution >= 0.6 is 23.2 Å². The van der Waals surface area contributed by atoms with Gasteiger partial charge in [-0.25, -0.2) is 13.8 Å². The topological polar surface area (TPSA) is 17.8 Å². The number of imidazole rings is 1. The van der Waals surface area contributed by atoms with E-state index in [1.165, 1.54) is 18.2 Å². The Morgan fingerprint density at radius 3 is 2.57 bits per heavy atom. The lowest BCUT2D eigenvalue weighted by Gasteiger charge is -2.10. The zero-order chi connectivity index (χ0) is 15.1. The molecule has 1 aromatic heterocycles. The average molecular weight is 327 g/mol. The van der Waals surface area contributed by atoms with E-state index < -0.39 is 11.6 Å². The summed E-state index contributed by atoms with van der Waals surface area (Å²) in [7, 11) is 0. The Labute approximate surface area is 129 Å². The van der Waals surface area contributed by atoms with Crippen molar-refractivity contribution >= 4 is 34.2 Å². The van der Waals surface area contributed by atoms with Crippen molar-refractivity contribution in [2.45, 2.75) is 12.8 Å². The first-order valence-corrected chi connectivity index (χ1v) is 7.11. The third-order valence-electron chi connectivity index (χ3n) is 3.23. The lowest BCUT2D eigenvalue weighted by atomic mass is 10.2. The fourth-order valence-electron chi connectivity index (χ4n) is 2.27. The molecule has 0 amide bonds. The van der Waals surface area contributed by atoms with E-state index in [1.807, 2.05) is 0 Å². The Morgan fingerprint density at radius 1 is 1.14 bits per heavy atom. The SMILES string of the molecule is Cc1ccc(-n2c(CCl)nc3cc(F)c(Cl)cc32)c(F)c1. The van der Waals surface area contributed by atoms with Gasteiger partial charge in [-0.3, -0.25) is 4.57 Å². The summed E-state index contributed by atoms with van der Waals surface area (Å²) in [6.07, 6.45) is 0. The molecule has 0 fully saturated rings. The molecule has 0 spiro atoms. The molecule has 0 unspecified atom stereocenters. The van der Waals surface area contributed by atoms with Crippen molar-refractivity contribution in [2.24, 2.45) is 0 Å². The van der Waals surface area contributed by atoms with E-state index in [0.717, 1.165) is 5.56 Å². The van der Waals surface area contributed by atoms with Crippen LogP contribution in [0.4, 0.5) is 8.78 Å². The molecule has 2 nitrogen and oxygen atoms in total. The van der Waals surface area contributed by atoms with Gasteiger partial charge in [0.2, 0.25) is 0 Å². The van der Waals surface area contributed by atoms with Crippen molar-refractivity contribution in [3.8, 4) is 5.69 Å². The molecule has 2 aromatic carbocycles. The lowest BCUT2D eigenvalue weighted by molar-refractivity contribution is 0.616. The standard InChI is InChI=1S/C15H10Cl2F2N2/c1-8-2-3-13(11(19)4-8)21-14-5-9(17)10(18)6-12(14)20-15(21)7-16/h2-6H,7H2,1H3. The number of fused-ring (bicyclic) bond motifs is 1.